The van der Waals surface area contributed by atoms with Crippen molar-refractivity contribution >= 4 is 11.8 Å². The number of likely N-dealkylation sites (tertiary alicyclic amines) is 1. The zero-order valence-corrected chi connectivity index (χ0v) is 16.4. The third kappa shape index (κ3) is 3.42. The topological polar surface area (TPSA) is 91.8 Å². The highest BCUT2D eigenvalue weighted by Crippen LogP contribution is 2.41. The number of piperidine rings is 1. The average Bonchev–Trinajstić information content (AvgIpc) is 2.66. The minimum atomic E-state index is -0.833. The molecule has 2 N–H and O–H groups in total. The van der Waals surface area contributed by atoms with Gasteiger partial charge in [0.2, 0.25) is 5.91 Å². The highest BCUT2D eigenvalue weighted by atomic mass is 16.5. The SMILES string of the molecule is C[C@@]1(NC(=O)c2ccncc2)CCOC2(CCN(C(=O)C3CCC3)CC2)[C@H]1O. The van der Waals surface area contributed by atoms with E-state index in [4.69, 9.17) is 4.74 Å². The van der Waals surface area contributed by atoms with Gasteiger partial charge in [-0.15, -0.1) is 0 Å². The van der Waals surface area contributed by atoms with E-state index in [0.717, 1.165) is 19.3 Å². The van der Waals surface area contributed by atoms with Gasteiger partial charge >= 0.3 is 0 Å². The highest BCUT2D eigenvalue weighted by molar-refractivity contribution is 5.94. The summed E-state index contributed by atoms with van der Waals surface area (Å²) < 4.78 is 6.08. The molecule has 2 aliphatic heterocycles. The van der Waals surface area contributed by atoms with Crippen molar-refractivity contribution in [3.8, 4) is 0 Å². The first-order valence-corrected chi connectivity index (χ1v) is 10.3. The number of rotatable bonds is 3. The molecular formula is C21H29N3O4. The van der Waals surface area contributed by atoms with Crippen molar-refractivity contribution in [1.29, 1.82) is 0 Å². The third-order valence-corrected chi connectivity index (χ3v) is 6.83. The second-order valence-electron chi connectivity index (χ2n) is 8.63. The number of ether oxygens (including phenoxy) is 1. The number of aromatic nitrogens is 1. The normalized spacial score (nSPS) is 29.9. The molecule has 0 radical (unpaired) electrons. The van der Waals surface area contributed by atoms with Crippen LogP contribution in [-0.2, 0) is 9.53 Å². The number of pyridine rings is 1. The van der Waals surface area contributed by atoms with Crippen LogP contribution in [0.1, 0.15) is 55.8 Å². The molecule has 28 heavy (non-hydrogen) atoms. The van der Waals surface area contributed by atoms with Gasteiger partial charge in [-0.1, -0.05) is 6.42 Å². The lowest BCUT2D eigenvalue weighted by Gasteiger charge is -2.53. The maximum atomic E-state index is 12.6. The number of aliphatic hydroxyl groups excluding tert-OH is 1. The average molecular weight is 387 g/mol. The monoisotopic (exact) mass is 387 g/mol. The summed E-state index contributed by atoms with van der Waals surface area (Å²) in [6, 6.07) is 3.31. The molecule has 1 saturated carbocycles. The molecule has 1 aromatic rings. The molecule has 7 nitrogen and oxygen atoms in total. The first-order valence-electron chi connectivity index (χ1n) is 10.3. The molecule has 4 rings (SSSR count). The van der Waals surface area contributed by atoms with Crippen LogP contribution in [0.5, 0.6) is 0 Å². The Morgan fingerprint density at radius 3 is 2.50 bits per heavy atom. The number of aliphatic hydroxyl groups is 1. The third-order valence-electron chi connectivity index (χ3n) is 6.83. The zero-order valence-electron chi connectivity index (χ0n) is 16.4. The van der Waals surface area contributed by atoms with Crippen LogP contribution in [0.3, 0.4) is 0 Å². The standard InChI is InChI=1S/C21H29N3O4/c1-20(23-17(25)15-5-10-22-11-6-15)9-14-28-21(19(20)27)7-12-24(13-8-21)18(26)16-3-2-4-16/h5-6,10-11,16,19,27H,2-4,7-9,12-14H2,1H3,(H,23,25)/t19-,20+/m0/s1. The Morgan fingerprint density at radius 2 is 1.89 bits per heavy atom. The van der Waals surface area contributed by atoms with E-state index < -0.39 is 17.2 Å². The molecule has 1 spiro atoms. The van der Waals surface area contributed by atoms with Gasteiger partial charge in [-0.2, -0.15) is 0 Å². The Labute approximate surface area is 165 Å². The van der Waals surface area contributed by atoms with Gasteiger partial charge in [-0.05, 0) is 51.2 Å². The molecule has 152 valence electrons. The Hall–Kier alpha value is -1.99. The second-order valence-corrected chi connectivity index (χ2v) is 8.63. The molecule has 2 atom stereocenters. The summed E-state index contributed by atoms with van der Waals surface area (Å²) in [5.41, 5.74) is -0.974. The number of amides is 2. The van der Waals surface area contributed by atoms with E-state index >= 15 is 0 Å². The van der Waals surface area contributed by atoms with Crippen LogP contribution in [0.25, 0.3) is 0 Å². The molecule has 3 aliphatic rings. The van der Waals surface area contributed by atoms with Crippen molar-refractivity contribution in [2.24, 2.45) is 5.92 Å². The van der Waals surface area contributed by atoms with Gasteiger partial charge in [0.15, 0.2) is 0 Å². The summed E-state index contributed by atoms with van der Waals surface area (Å²) in [6.45, 7) is 3.55. The summed E-state index contributed by atoms with van der Waals surface area (Å²) in [5.74, 6) is 0.218. The Morgan fingerprint density at radius 1 is 1.21 bits per heavy atom. The van der Waals surface area contributed by atoms with Crippen LogP contribution in [0, 0.1) is 5.92 Å². The lowest BCUT2D eigenvalue weighted by Crippen LogP contribution is -2.69. The van der Waals surface area contributed by atoms with E-state index in [1.165, 1.54) is 0 Å². The van der Waals surface area contributed by atoms with Gasteiger partial charge in [0.1, 0.15) is 6.10 Å². The molecule has 1 aliphatic carbocycles. The van der Waals surface area contributed by atoms with Crippen LogP contribution in [0.15, 0.2) is 24.5 Å². The van der Waals surface area contributed by atoms with Crippen LogP contribution in [-0.4, -0.2) is 63.7 Å². The van der Waals surface area contributed by atoms with Crippen molar-refractivity contribution in [2.45, 2.75) is 62.7 Å². The fourth-order valence-corrected chi connectivity index (χ4v) is 4.66. The maximum absolute atomic E-state index is 12.6. The van der Waals surface area contributed by atoms with Gasteiger partial charge in [0.05, 0.1) is 11.1 Å². The number of nitrogens with one attached hydrogen (secondary N) is 1. The summed E-state index contributed by atoms with van der Waals surface area (Å²) >= 11 is 0. The molecule has 3 heterocycles. The molecule has 0 bridgehead atoms. The fraction of sp³-hybridized carbons (Fsp3) is 0.667. The van der Waals surface area contributed by atoms with E-state index in [1.54, 1.807) is 24.5 Å². The molecule has 7 heteroatoms. The van der Waals surface area contributed by atoms with Crippen LogP contribution in [0.2, 0.25) is 0 Å². The number of carbonyl (C=O) groups excluding carboxylic acids is 2. The summed E-state index contributed by atoms with van der Waals surface area (Å²) in [4.78, 5) is 31.0. The minimum absolute atomic E-state index is 0.191. The van der Waals surface area contributed by atoms with Gasteiger partial charge in [0.25, 0.3) is 5.91 Å². The van der Waals surface area contributed by atoms with Gasteiger partial charge < -0.3 is 20.1 Å². The predicted octanol–water partition coefficient (Wildman–Crippen LogP) is 1.51. The number of hydrogen-bond donors (Lipinski definition) is 2. The van der Waals surface area contributed by atoms with E-state index in [2.05, 4.69) is 10.3 Å². The van der Waals surface area contributed by atoms with Crippen molar-refractivity contribution in [2.75, 3.05) is 19.7 Å². The van der Waals surface area contributed by atoms with Crippen molar-refractivity contribution < 1.29 is 19.4 Å². The number of nitrogens with zero attached hydrogens (tertiary/aromatic N) is 2. The maximum Gasteiger partial charge on any atom is 0.251 e. The van der Waals surface area contributed by atoms with Crippen LogP contribution in [0.4, 0.5) is 0 Å². The highest BCUT2D eigenvalue weighted by Gasteiger charge is 2.54. The predicted molar refractivity (Wildman–Crippen MR) is 103 cm³/mol. The Kier molecular flexibility index (Phi) is 5.14. The number of carbonyl (C=O) groups is 2. The molecule has 3 fully saturated rings. The smallest absolute Gasteiger partial charge is 0.251 e. The van der Waals surface area contributed by atoms with Crippen molar-refractivity contribution in [3.05, 3.63) is 30.1 Å². The second kappa shape index (κ2) is 7.44. The van der Waals surface area contributed by atoms with Gasteiger partial charge in [0, 0.05) is 43.6 Å². The first kappa shape index (κ1) is 19.3. The van der Waals surface area contributed by atoms with E-state index in [9.17, 15) is 14.7 Å². The molecule has 0 aromatic carbocycles. The molecule has 2 amide bonds. The molecular weight excluding hydrogens is 358 g/mol. The largest absolute Gasteiger partial charge is 0.388 e. The van der Waals surface area contributed by atoms with Crippen molar-refractivity contribution in [1.82, 2.24) is 15.2 Å². The zero-order chi connectivity index (χ0) is 19.8. The van der Waals surface area contributed by atoms with E-state index in [0.29, 0.717) is 44.5 Å². The summed E-state index contributed by atoms with van der Waals surface area (Å²) in [7, 11) is 0. The lowest BCUT2D eigenvalue weighted by atomic mass is 9.72. The van der Waals surface area contributed by atoms with E-state index in [1.807, 2.05) is 11.8 Å². The fourth-order valence-electron chi connectivity index (χ4n) is 4.66. The first-order chi connectivity index (χ1) is 13.4. The molecule has 1 aromatic heterocycles. The van der Waals surface area contributed by atoms with Gasteiger partial charge in [-0.25, -0.2) is 0 Å². The van der Waals surface area contributed by atoms with Gasteiger partial charge in [-0.3, -0.25) is 14.6 Å². The molecule has 0 unspecified atom stereocenters. The number of hydrogen-bond acceptors (Lipinski definition) is 5. The summed E-state index contributed by atoms with van der Waals surface area (Å²) in [6.07, 6.45) is 7.18. The van der Waals surface area contributed by atoms with Crippen molar-refractivity contribution in [3.63, 3.8) is 0 Å². The van der Waals surface area contributed by atoms with Crippen LogP contribution < -0.4 is 5.32 Å². The van der Waals surface area contributed by atoms with Crippen LogP contribution >= 0.6 is 0 Å². The summed E-state index contributed by atoms with van der Waals surface area (Å²) in [5, 5.41) is 14.3. The molecule has 2 saturated heterocycles. The quantitative estimate of drug-likeness (QED) is 0.820. The Balaban J connectivity index is 1.43. The Bertz CT molecular complexity index is 728. The van der Waals surface area contributed by atoms with E-state index in [-0.39, 0.29) is 17.7 Å². The minimum Gasteiger partial charge on any atom is -0.388 e. The lowest BCUT2D eigenvalue weighted by molar-refractivity contribution is -0.206.